The Labute approximate surface area is 214 Å². The molecule has 0 bridgehead atoms. The minimum absolute atomic E-state index is 0.0262. The second-order valence-corrected chi connectivity index (χ2v) is 11.4. The van der Waals surface area contributed by atoms with Crippen molar-refractivity contribution in [2.75, 3.05) is 6.54 Å². The van der Waals surface area contributed by atoms with Gasteiger partial charge in [-0.05, 0) is 48.3 Å². The molecule has 1 aromatic carbocycles. The topological polar surface area (TPSA) is 66.5 Å². The van der Waals surface area contributed by atoms with Crippen LogP contribution in [0.3, 0.4) is 0 Å². The summed E-state index contributed by atoms with van der Waals surface area (Å²) in [6, 6.07) is 5.49. The number of amides is 2. The van der Waals surface area contributed by atoms with E-state index in [-0.39, 0.29) is 43.8 Å². The van der Waals surface area contributed by atoms with Gasteiger partial charge in [0, 0.05) is 25.1 Å². The Morgan fingerprint density at radius 2 is 1.70 bits per heavy atom. The molecular weight excluding hydrogens is 488 g/mol. The molecule has 1 aromatic rings. The van der Waals surface area contributed by atoms with E-state index in [1.54, 1.807) is 13.8 Å². The van der Waals surface area contributed by atoms with Gasteiger partial charge >= 0.3 is 6.18 Å². The van der Waals surface area contributed by atoms with Crippen LogP contribution >= 0.6 is 0 Å². The number of hydrogen-bond acceptors (Lipinski definition) is 3. The second-order valence-electron chi connectivity index (χ2n) is 11.4. The molecule has 202 valence electrons. The van der Waals surface area contributed by atoms with Crippen molar-refractivity contribution < 1.29 is 31.9 Å². The molecule has 1 N–H and O–H groups in total. The quantitative estimate of drug-likeness (QED) is 0.472. The van der Waals surface area contributed by atoms with Gasteiger partial charge in [-0.3, -0.25) is 14.4 Å². The fourth-order valence-electron chi connectivity index (χ4n) is 6.04. The lowest BCUT2D eigenvalue weighted by Gasteiger charge is -2.35. The zero-order chi connectivity index (χ0) is 27.0. The highest BCUT2D eigenvalue weighted by Crippen LogP contribution is 2.51. The van der Waals surface area contributed by atoms with Crippen LogP contribution in [0, 0.1) is 17.2 Å². The third kappa shape index (κ3) is 5.46. The van der Waals surface area contributed by atoms with Crippen LogP contribution in [-0.4, -0.2) is 40.8 Å². The zero-order valence-electron chi connectivity index (χ0n) is 21.3. The standard InChI is InChI=1S/C28H34F4N2O3/c1-26(2)16-21-24(22(35)17-26)27(28(30,31)32,33-23(36)13-10-18-6-4-3-5-7-18)25(37)34(21)15-14-19-8-11-20(29)12-9-19/h8-9,11-12,18H,3-7,10,13-17H2,1-2H3,(H,33,36)/t27-/m1/s1. The number of carbonyl (C=O) groups excluding carboxylic acids is 3. The summed E-state index contributed by atoms with van der Waals surface area (Å²) < 4.78 is 57.8. The van der Waals surface area contributed by atoms with Gasteiger partial charge in [-0.15, -0.1) is 0 Å². The smallest absolute Gasteiger partial charge is 0.330 e. The lowest BCUT2D eigenvalue weighted by molar-refractivity contribution is -0.194. The largest absolute Gasteiger partial charge is 0.425 e. The molecule has 0 radical (unpaired) electrons. The average Bonchev–Trinajstić information content (AvgIpc) is 3.05. The first-order valence-electron chi connectivity index (χ1n) is 13.0. The van der Waals surface area contributed by atoms with E-state index in [0.29, 0.717) is 12.0 Å². The number of Topliss-reactive ketones (excluding diaryl/α,β-unsaturated/α-hetero) is 1. The third-order valence-corrected chi connectivity index (χ3v) is 7.91. The van der Waals surface area contributed by atoms with Gasteiger partial charge < -0.3 is 10.2 Å². The van der Waals surface area contributed by atoms with E-state index in [2.05, 4.69) is 0 Å². The van der Waals surface area contributed by atoms with Gasteiger partial charge in [0.05, 0.1) is 5.57 Å². The predicted molar refractivity (Wildman–Crippen MR) is 130 cm³/mol. The Morgan fingerprint density at radius 3 is 2.32 bits per heavy atom. The lowest BCUT2D eigenvalue weighted by Crippen LogP contribution is -2.66. The summed E-state index contributed by atoms with van der Waals surface area (Å²) in [5.74, 6) is -3.16. The molecule has 37 heavy (non-hydrogen) atoms. The van der Waals surface area contributed by atoms with Crippen LogP contribution in [0.5, 0.6) is 0 Å². The van der Waals surface area contributed by atoms with Crippen LogP contribution in [0.2, 0.25) is 0 Å². The molecule has 2 amide bonds. The summed E-state index contributed by atoms with van der Waals surface area (Å²) in [7, 11) is 0. The molecule has 3 aliphatic rings. The Balaban J connectivity index is 1.65. The molecule has 0 spiro atoms. The summed E-state index contributed by atoms with van der Waals surface area (Å²) >= 11 is 0. The van der Waals surface area contributed by atoms with Gasteiger partial charge in [-0.1, -0.05) is 58.1 Å². The number of alkyl halides is 3. The average molecular weight is 523 g/mol. The van der Waals surface area contributed by atoms with E-state index in [4.69, 9.17) is 0 Å². The number of benzene rings is 1. The van der Waals surface area contributed by atoms with Gasteiger partial charge in [0.15, 0.2) is 5.78 Å². The molecule has 5 nitrogen and oxygen atoms in total. The van der Waals surface area contributed by atoms with Crippen molar-refractivity contribution >= 4 is 17.6 Å². The van der Waals surface area contributed by atoms with E-state index in [1.807, 2.05) is 5.32 Å². The first kappa shape index (κ1) is 27.3. The first-order valence-corrected chi connectivity index (χ1v) is 13.0. The summed E-state index contributed by atoms with van der Waals surface area (Å²) in [5.41, 5.74) is -4.01. The Kier molecular flexibility index (Phi) is 7.55. The van der Waals surface area contributed by atoms with Crippen LogP contribution < -0.4 is 5.32 Å². The molecule has 2 aliphatic carbocycles. The van der Waals surface area contributed by atoms with E-state index < -0.39 is 46.1 Å². The molecule has 0 aromatic heterocycles. The summed E-state index contributed by atoms with van der Waals surface area (Å²) in [6.07, 6.45) is 0.322. The van der Waals surface area contributed by atoms with Gasteiger partial charge in [0.25, 0.3) is 5.91 Å². The highest BCUT2D eigenvalue weighted by atomic mass is 19.4. The van der Waals surface area contributed by atoms with Crippen molar-refractivity contribution in [3.8, 4) is 0 Å². The van der Waals surface area contributed by atoms with Crippen molar-refractivity contribution in [2.24, 2.45) is 11.3 Å². The number of ketones is 1. The van der Waals surface area contributed by atoms with Crippen molar-refractivity contribution in [3.63, 3.8) is 0 Å². The van der Waals surface area contributed by atoms with E-state index in [9.17, 15) is 31.9 Å². The molecule has 1 aliphatic heterocycles. The van der Waals surface area contributed by atoms with Crippen molar-refractivity contribution in [1.29, 1.82) is 0 Å². The zero-order valence-corrected chi connectivity index (χ0v) is 21.3. The molecular formula is C28H34F4N2O3. The Hall–Kier alpha value is -2.71. The molecule has 9 heteroatoms. The maximum atomic E-state index is 14.8. The highest BCUT2D eigenvalue weighted by Gasteiger charge is 2.71. The summed E-state index contributed by atoms with van der Waals surface area (Å²) in [4.78, 5) is 40.8. The number of hydrogen-bond donors (Lipinski definition) is 1. The number of nitrogens with one attached hydrogen (secondary N) is 1. The minimum atomic E-state index is -5.20. The van der Waals surface area contributed by atoms with Crippen LogP contribution in [-0.2, 0) is 20.8 Å². The molecule has 1 saturated carbocycles. The molecule has 0 saturated heterocycles. The van der Waals surface area contributed by atoms with Crippen LogP contribution in [0.15, 0.2) is 35.5 Å². The van der Waals surface area contributed by atoms with Crippen molar-refractivity contribution in [3.05, 3.63) is 46.9 Å². The summed E-state index contributed by atoms with van der Waals surface area (Å²) in [6.45, 7) is 3.42. The van der Waals surface area contributed by atoms with Crippen molar-refractivity contribution in [2.45, 2.75) is 89.8 Å². The normalized spacial score (nSPS) is 24.4. The lowest BCUT2D eigenvalue weighted by atomic mass is 9.72. The van der Waals surface area contributed by atoms with Crippen LogP contribution in [0.1, 0.15) is 77.2 Å². The molecule has 1 atom stereocenters. The fraction of sp³-hybridized carbons (Fsp3) is 0.607. The molecule has 1 heterocycles. The fourth-order valence-corrected chi connectivity index (χ4v) is 6.04. The van der Waals surface area contributed by atoms with E-state index in [0.717, 1.165) is 37.0 Å². The monoisotopic (exact) mass is 522 g/mol. The number of carbonyl (C=O) groups is 3. The number of allylic oxidation sites excluding steroid dienone is 1. The molecule has 4 rings (SSSR count). The minimum Gasteiger partial charge on any atom is -0.330 e. The van der Waals surface area contributed by atoms with Gasteiger partial charge in [-0.2, -0.15) is 13.2 Å². The SMILES string of the molecule is CC1(C)CC(=O)C2=C(C1)N(CCc1ccc(F)cc1)C(=O)[C@@]2(NC(=O)CCC1CCCCC1)C(F)(F)F. The van der Waals surface area contributed by atoms with Crippen LogP contribution in [0.25, 0.3) is 0 Å². The van der Waals surface area contributed by atoms with Crippen LogP contribution in [0.4, 0.5) is 17.6 Å². The predicted octanol–water partition coefficient (Wildman–Crippen LogP) is 5.63. The van der Waals surface area contributed by atoms with Gasteiger partial charge in [0.2, 0.25) is 11.4 Å². The van der Waals surface area contributed by atoms with E-state index >= 15 is 0 Å². The van der Waals surface area contributed by atoms with Gasteiger partial charge in [0.1, 0.15) is 5.82 Å². The maximum absolute atomic E-state index is 14.8. The Bertz CT molecular complexity index is 1090. The number of halogens is 4. The second kappa shape index (κ2) is 10.2. The highest BCUT2D eigenvalue weighted by molar-refractivity contribution is 6.13. The first-order chi connectivity index (χ1) is 17.3. The molecule has 0 unspecified atom stereocenters. The number of rotatable bonds is 7. The van der Waals surface area contributed by atoms with E-state index in [1.165, 1.54) is 24.3 Å². The number of nitrogens with zero attached hydrogens (tertiary/aromatic N) is 1. The van der Waals surface area contributed by atoms with Gasteiger partial charge in [-0.25, -0.2) is 4.39 Å². The van der Waals surface area contributed by atoms with Crippen molar-refractivity contribution in [1.82, 2.24) is 10.2 Å². The summed E-state index contributed by atoms with van der Waals surface area (Å²) in [5, 5.41) is 2.03. The maximum Gasteiger partial charge on any atom is 0.425 e. The molecule has 1 fully saturated rings. The third-order valence-electron chi connectivity index (χ3n) is 7.91. The Morgan fingerprint density at radius 1 is 1.05 bits per heavy atom.